The second-order valence-electron chi connectivity index (χ2n) is 6.49. The van der Waals surface area contributed by atoms with E-state index in [0.29, 0.717) is 18.2 Å². The number of rotatable bonds is 2. The zero-order valence-electron chi connectivity index (χ0n) is 14.2. The van der Waals surface area contributed by atoms with Crippen molar-refractivity contribution in [2.75, 3.05) is 0 Å². The molecule has 3 atom stereocenters. The molecule has 0 bridgehead atoms. The number of carbonyl (C=O) groups excluding carboxylic acids is 1. The molecule has 4 nitrogen and oxygen atoms in total. The molecule has 29 heavy (non-hydrogen) atoms. The van der Waals surface area contributed by atoms with Crippen molar-refractivity contribution in [1.82, 2.24) is 0 Å². The van der Waals surface area contributed by atoms with Crippen LogP contribution in [0.3, 0.4) is 0 Å². The van der Waals surface area contributed by atoms with Crippen molar-refractivity contribution in [2.24, 2.45) is 5.92 Å². The van der Waals surface area contributed by atoms with E-state index in [1.165, 1.54) is 0 Å². The lowest BCUT2D eigenvalue weighted by Crippen LogP contribution is -2.25. The minimum atomic E-state index is -4.94. The quantitative estimate of drug-likeness (QED) is 0.722. The van der Waals surface area contributed by atoms with Crippen molar-refractivity contribution in [3.63, 3.8) is 0 Å². The lowest BCUT2D eigenvalue weighted by atomic mass is 9.87. The summed E-state index contributed by atoms with van der Waals surface area (Å²) in [5.74, 6) is -2.85. The molecule has 1 aliphatic rings. The molecule has 1 aliphatic carbocycles. The van der Waals surface area contributed by atoms with Gasteiger partial charge in [0.05, 0.1) is 40.9 Å². The largest absolute Gasteiger partial charge is 0.416 e. The standard InChI is InChI=1S/C19H11F6NO3/c20-18(21,22)9-2-3-10-11(6-9)16(28)14(15(10)27)17(29)12-5-8(7-26)1-4-13(12)19(23,24)25/h1-6,14,16-17,28-29H. The molecule has 10 heteroatoms. The monoisotopic (exact) mass is 415 g/mol. The van der Waals surface area contributed by atoms with E-state index in [1.807, 2.05) is 0 Å². The van der Waals surface area contributed by atoms with Crippen LogP contribution in [-0.2, 0) is 12.4 Å². The Labute approximate surface area is 159 Å². The molecule has 3 unspecified atom stereocenters. The number of nitriles is 1. The molecule has 0 fully saturated rings. The Balaban J connectivity index is 2.08. The fraction of sp³-hybridized carbons (Fsp3) is 0.263. The average Bonchev–Trinajstić information content (AvgIpc) is 2.89. The number of carbonyl (C=O) groups is 1. The summed E-state index contributed by atoms with van der Waals surface area (Å²) < 4.78 is 78.6. The highest BCUT2D eigenvalue weighted by Crippen LogP contribution is 2.46. The Bertz CT molecular complexity index is 1020. The zero-order chi connectivity index (χ0) is 21.7. The summed E-state index contributed by atoms with van der Waals surface area (Å²) in [6, 6.07) is 5.71. The number of fused-ring (bicyclic) bond motifs is 1. The molecule has 0 heterocycles. The van der Waals surface area contributed by atoms with Crippen LogP contribution >= 0.6 is 0 Å². The SMILES string of the molecule is N#Cc1ccc(C(F)(F)F)c(C(O)C2C(=O)c3ccc(C(F)(F)F)cc3C2O)c1. The number of nitrogens with zero attached hydrogens (tertiary/aromatic N) is 1. The summed E-state index contributed by atoms with van der Waals surface area (Å²) in [6.07, 6.45) is -13.9. The van der Waals surface area contributed by atoms with Gasteiger partial charge < -0.3 is 10.2 Å². The van der Waals surface area contributed by atoms with Gasteiger partial charge in [-0.3, -0.25) is 4.79 Å². The second-order valence-corrected chi connectivity index (χ2v) is 6.49. The summed E-state index contributed by atoms with van der Waals surface area (Å²) >= 11 is 0. The normalized spacial score (nSPS) is 20.3. The minimum absolute atomic E-state index is 0.233. The van der Waals surface area contributed by atoms with Gasteiger partial charge in [0.15, 0.2) is 5.78 Å². The van der Waals surface area contributed by atoms with Gasteiger partial charge in [0, 0.05) is 5.56 Å². The number of hydrogen-bond acceptors (Lipinski definition) is 4. The van der Waals surface area contributed by atoms with Gasteiger partial charge in [-0.1, -0.05) is 6.07 Å². The number of alkyl halides is 6. The summed E-state index contributed by atoms with van der Waals surface area (Å²) in [5.41, 5.74) is -4.28. The van der Waals surface area contributed by atoms with Crippen molar-refractivity contribution in [3.8, 4) is 6.07 Å². The molecule has 0 aromatic heterocycles. The number of Topliss-reactive ketones (excluding diaryl/α,β-unsaturated/α-hetero) is 1. The van der Waals surface area contributed by atoms with Gasteiger partial charge in [0.2, 0.25) is 0 Å². The summed E-state index contributed by atoms with van der Waals surface area (Å²) in [7, 11) is 0. The van der Waals surface area contributed by atoms with E-state index < -0.39 is 58.5 Å². The Kier molecular flexibility index (Phi) is 4.93. The third-order valence-corrected chi connectivity index (χ3v) is 4.75. The van der Waals surface area contributed by atoms with E-state index in [0.717, 1.165) is 18.2 Å². The maximum atomic E-state index is 13.3. The zero-order valence-corrected chi connectivity index (χ0v) is 14.2. The van der Waals surface area contributed by atoms with Gasteiger partial charge in [0.25, 0.3) is 0 Å². The highest BCUT2D eigenvalue weighted by Gasteiger charge is 2.47. The molecule has 3 rings (SSSR count). The Morgan fingerprint density at radius 3 is 2.21 bits per heavy atom. The molecule has 0 spiro atoms. The number of aliphatic hydroxyl groups excluding tert-OH is 2. The maximum Gasteiger partial charge on any atom is 0.416 e. The summed E-state index contributed by atoms with van der Waals surface area (Å²) in [4.78, 5) is 12.6. The predicted octanol–water partition coefficient (Wildman–Crippen LogP) is 4.18. The van der Waals surface area contributed by atoms with E-state index >= 15 is 0 Å². The Hall–Kier alpha value is -2.90. The third-order valence-electron chi connectivity index (χ3n) is 4.75. The smallest absolute Gasteiger partial charge is 0.388 e. The van der Waals surface area contributed by atoms with Crippen LogP contribution in [0.1, 0.15) is 50.4 Å². The van der Waals surface area contributed by atoms with E-state index in [2.05, 4.69) is 0 Å². The van der Waals surface area contributed by atoms with Crippen LogP contribution in [-0.4, -0.2) is 16.0 Å². The fourth-order valence-electron chi connectivity index (χ4n) is 3.37. The first-order valence-electron chi connectivity index (χ1n) is 8.09. The van der Waals surface area contributed by atoms with Crippen LogP contribution in [0.4, 0.5) is 26.3 Å². The number of benzene rings is 2. The molecule has 0 saturated heterocycles. The summed E-state index contributed by atoms with van der Waals surface area (Å²) in [6.45, 7) is 0. The Morgan fingerprint density at radius 2 is 1.66 bits per heavy atom. The van der Waals surface area contributed by atoms with Gasteiger partial charge in [-0.2, -0.15) is 31.6 Å². The van der Waals surface area contributed by atoms with Crippen LogP contribution in [0.15, 0.2) is 36.4 Å². The van der Waals surface area contributed by atoms with Crippen molar-refractivity contribution in [1.29, 1.82) is 5.26 Å². The number of halogens is 6. The van der Waals surface area contributed by atoms with Crippen LogP contribution in [0, 0.1) is 17.2 Å². The molecule has 0 radical (unpaired) electrons. The van der Waals surface area contributed by atoms with E-state index in [4.69, 9.17) is 5.26 Å². The molecular weight excluding hydrogens is 404 g/mol. The maximum absolute atomic E-state index is 13.3. The first kappa shape index (κ1) is 20.8. The average molecular weight is 415 g/mol. The molecule has 0 amide bonds. The molecule has 0 aliphatic heterocycles. The van der Waals surface area contributed by atoms with Gasteiger partial charge in [-0.05, 0) is 41.5 Å². The highest BCUT2D eigenvalue weighted by atomic mass is 19.4. The number of aliphatic hydroxyl groups is 2. The third kappa shape index (κ3) is 3.59. The fourth-order valence-corrected chi connectivity index (χ4v) is 3.37. The molecule has 2 N–H and O–H groups in total. The topological polar surface area (TPSA) is 81.3 Å². The van der Waals surface area contributed by atoms with Crippen molar-refractivity contribution in [2.45, 2.75) is 24.6 Å². The van der Waals surface area contributed by atoms with Gasteiger partial charge in [-0.15, -0.1) is 0 Å². The predicted molar refractivity (Wildman–Crippen MR) is 85.3 cm³/mol. The molecule has 2 aromatic carbocycles. The van der Waals surface area contributed by atoms with E-state index in [9.17, 15) is 41.4 Å². The lowest BCUT2D eigenvalue weighted by Gasteiger charge is -2.24. The molecule has 0 saturated carbocycles. The second kappa shape index (κ2) is 6.86. The van der Waals surface area contributed by atoms with Gasteiger partial charge in [0.1, 0.15) is 0 Å². The van der Waals surface area contributed by atoms with Crippen molar-refractivity contribution < 1.29 is 41.4 Å². The molecule has 2 aromatic rings. The van der Waals surface area contributed by atoms with Crippen LogP contribution < -0.4 is 0 Å². The minimum Gasteiger partial charge on any atom is -0.388 e. The van der Waals surface area contributed by atoms with Crippen LogP contribution in [0.5, 0.6) is 0 Å². The highest BCUT2D eigenvalue weighted by molar-refractivity contribution is 6.03. The summed E-state index contributed by atoms with van der Waals surface area (Å²) in [5, 5.41) is 29.8. The first-order valence-corrected chi connectivity index (χ1v) is 8.09. The van der Waals surface area contributed by atoms with Crippen LogP contribution in [0.2, 0.25) is 0 Å². The molecule has 152 valence electrons. The van der Waals surface area contributed by atoms with Crippen molar-refractivity contribution >= 4 is 5.78 Å². The molecular formula is C19H11F6NO3. The van der Waals surface area contributed by atoms with E-state index in [1.54, 1.807) is 6.07 Å². The van der Waals surface area contributed by atoms with Gasteiger partial charge in [-0.25, -0.2) is 0 Å². The lowest BCUT2D eigenvalue weighted by molar-refractivity contribution is -0.140. The van der Waals surface area contributed by atoms with E-state index in [-0.39, 0.29) is 11.1 Å². The number of ketones is 1. The Morgan fingerprint density at radius 1 is 1.00 bits per heavy atom. The van der Waals surface area contributed by atoms with Crippen molar-refractivity contribution in [3.05, 3.63) is 69.8 Å². The van der Waals surface area contributed by atoms with Gasteiger partial charge >= 0.3 is 12.4 Å². The van der Waals surface area contributed by atoms with Crippen LogP contribution in [0.25, 0.3) is 0 Å². The first-order chi connectivity index (χ1) is 13.4. The number of hydrogen-bond donors (Lipinski definition) is 2.